The number of hydrogen-bond donors (Lipinski definition) is 1. The van der Waals surface area contributed by atoms with Gasteiger partial charge in [0, 0.05) is 29.1 Å². The van der Waals surface area contributed by atoms with Gasteiger partial charge in [-0.2, -0.15) is 0 Å². The lowest BCUT2D eigenvalue weighted by molar-refractivity contribution is 0.381. The zero-order valence-corrected chi connectivity index (χ0v) is 12.5. The average molecular weight is 290 g/mol. The fourth-order valence-electron chi connectivity index (χ4n) is 3.06. The number of benzene rings is 1. The minimum absolute atomic E-state index is 0.390. The number of nitrogens with one attached hydrogen (secondary N) is 1. The first-order valence-electron chi connectivity index (χ1n) is 7.30. The first-order valence-corrected chi connectivity index (χ1v) is 7.67. The quantitative estimate of drug-likeness (QED) is 0.894. The van der Waals surface area contributed by atoms with Crippen molar-refractivity contribution in [3.05, 3.63) is 58.5 Å². The Bertz CT molecular complexity index is 578. The molecule has 1 aromatic heterocycles. The lowest BCUT2D eigenvalue weighted by atomic mass is 9.92. The van der Waals surface area contributed by atoms with Crippen LogP contribution in [0.4, 0.5) is 0 Å². The van der Waals surface area contributed by atoms with Gasteiger partial charge in [-0.15, -0.1) is 0 Å². The highest BCUT2D eigenvalue weighted by molar-refractivity contribution is 6.31. The molecule has 0 spiro atoms. The normalized spacial score (nSPS) is 19.6. The predicted molar refractivity (Wildman–Crippen MR) is 82.1 cm³/mol. The van der Waals surface area contributed by atoms with Gasteiger partial charge in [0.05, 0.1) is 6.26 Å². The molecule has 0 bridgehead atoms. The van der Waals surface area contributed by atoms with Crippen LogP contribution in [0.3, 0.4) is 0 Å². The second kappa shape index (κ2) is 6.02. The Morgan fingerprint density at radius 3 is 3.05 bits per heavy atom. The van der Waals surface area contributed by atoms with Gasteiger partial charge < -0.3 is 9.73 Å². The number of aryl methyl sites for hydroxylation is 1. The molecule has 2 nitrogen and oxygen atoms in total. The van der Waals surface area contributed by atoms with Crippen molar-refractivity contribution in [2.24, 2.45) is 0 Å². The fraction of sp³-hybridized carbons (Fsp3) is 0.412. The van der Waals surface area contributed by atoms with Gasteiger partial charge in [0.25, 0.3) is 0 Å². The third-order valence-corrected chi connectivity index (χ3v) is 4.39. The summed E-state index contributed by atoms with van der Waals surface area (Å²) in [4.78, 5) is 0. The minimum Gasteiger partial charge on any atom is -0.469 e. The molecule has 106 valence electrons. The van der Waals surface area contributed by atoms with Crippen molar-refractivity contribution >= 4 is 11.6 Å². The van der Waals surface area contributed by atoms with Crippen LogP contribution < -0.4 is 5.32 Å². The van der Waals surface area contributed by atoms with Crippen molar-refractivity contribution in [2.45, 2.75) is 44.7 Å². The van der Waals surface area contributed by atoms with Crippen molar-refractivity contribution in [2.75, 3.05) is 0 Å². The molecular weight excluding hydrogens is 270 g/mol. The molecule has 1 aliphatic carbocycles. The van der Waals surface area contributed by atoms with Crippen LogP contribution in [0.25, 0.3) is 0 Å². The molecule has 20 heavy (non-hydrogen) atoms. The van der Waals surface area contributed by atoms with E-state index in [1.807, 2.05) is 24.5 Å². The largest absolute Gasteiger partial charge is 0.469 e. The highest BCUT2D eigenvalue weighted by Crippen LogP contribution is 2.31. The van der Waals surface area contributed by atoms with Gasteiger partial charge in [0.2, 0.25) is 0 Å². The van der Waals surface area contributed by atoms with Crippen LogP contribution in [0.15, 0.2) is 41.0 Å². The Hall–Kier alpha value is -1.25. The van der Waals surface area contributed by atoms with Crippen molar-refractivity contribution in [3.63, 3.8) is 0 Å². The summed E-state index contributed by atoms with van der Waals surface area (Å²) in [5.74, 6) is 1.15. The van der Waals surface area contributed by atoms with Crippen LogP contribution in [-0.2, 0) is 12.8 Å². The molecule has 1 heterocycles. The van der Waals surface area contributed by atoms with E-state index in [1.165, 1.54) is 24.0 Å². The maximum Gasteiger partial charge on any atom is 0.108 e. The van der Waals surface area contributed by atoms with Gasteiger partial charge in [-0.1, -0.05) is 29.8 Å². The van der Waals surface area contributed by atoms with E-state index in [9.17, 15) is 0 Å². The summed E-state index contributed by atoms with van der Waals surface area (Å²) in [6.45, 7) is 2.22. The minimum atomic E-state index is 0.390. The predicted octanol–water partition coefficient (Wildman–Crippen LogP) is 4.53. The molecule has 0 aliphatic heterocycles. The van der Waals surface area contributed by atoms with E-state index in [2.05, 4.69) is 24.4 Å². The number of halogens is 1. The summed E-state index contributed by atoms with van der Waals surface area (Å²) in [6.07, 6.45) is 6.20. The maximum absolute atomic E-state index is 6.23. The molecule has 1 N–H and O–H groups in total. The van der Waals surface area contributed by atoms with Gasteiger partial charge >= 0.3 is 0 Å². The fourth-order valence-corrected chi connectivity index (χ4v) is 3.27. The van der Waals surface area contributed by atoms with Crippen LogP contribution in [-0.4, -0.2) is 6.04 Å². The molecule has 0 saturated heterocycles. The van der Waals surface area contributed by atoms with Crippen molar-refractivity contribution in [1.82, 2.24) is 5.32 Å². The van der Waals surface area contributed by atoms with E-state index in [4.69, 9.17) is 16.0 Å². The molecule has 0 saturated carbocycles. The zero-order chi connectivity index (χ0) is 13.9. The molecule has 3 rings (SSSR count). The van der Waals surface area contributed by atoms with Crippen molar-refractivity contribution in [3.8, 4) is 0 Å². The summed E-state index contributed by atoms with van der Waals surface area (Å²) in [5.41, 5.74) is 2.54. The highest BCUT2D eigenvalue weighted by atomic mass is 35.5. The lowest BCUT2D eigenvalue weighted by Crippen LogP contribution is -2.33. The third-order valence-electron chi connectivity index (χ3n) is 4.02. The molecule has 2 unspecified atom stereocenters. The van der Waals surface area contributed by atoms with E-state index in [1.54, 1.807) is 0 Å². The van der Waals surface area contributed by atoms with Crippen LogP contribution in [0.5, 0.6) is 0 Å². The van der Waals surface area contributed by atoms with Gasteiger partial charge in [-0.05, 0) is 43.9 Å². The Morgan fingerprint density at radius 2 is 2.20 bits per heavy atom. The van der Waals surface area contributed by atoms with Gasteiger partial charge in [-0.3, -0.25) is 0 Å². The van der Waals surface area contributed by atoms with Crippen molar-refractivity contribution in [1.29, 1.82) is 0 Å². The first kappa shape index (κ1) is 13.7. The highest BCUT2D eigenvalue weighted by Gasteiger charge is 2.23. The third kappa shape index (κ3) is 2.92. The number of furan rings is 1. The molecule has 1 aromatic carbocycles. The van der Waals surface area contributed by atoms with E-state index < -0.39 is 0 Å². The number of fused-ring (bicyclic) bond motifs is 1. The second-order valence-electron chi connectivity index (χ2n) is 5.61. The summed E-state index contributed by atoms with van der Waals surface area (Å²) in [7, 11) is 0. The Morgan fingerprint density at radius 1 is 1.35 bits per heavy atom. The van der Waals surface area contributed by atoms with Gasteiger partial charge in [-0.25, -0.2) is 0 Å². The van der Waals surface area contributed by atoms with Gasteiger partial charge in [0.15, 0.2) is 0 Å². The van der Waals surface area contributed by atoms with E-state index in [0.29, 0.717) is 12.1 Å². The van der Waals surface area contributed by atoms with E-state index in [-0.39, 0.29) is 0 Å². The van der Waals surface area contributed by atoms with Crippen LogP contribution in [0.2, 0.25) is 5.02 Å². The summed E-state index contributed by atoms with van der Waals surface area (Å²) in [6, 6.07) is 11.0. The number of rotatable bonds is 4. The summed E-state index contributed by atoms with van der Waals surface area (Å²) >= 11 is 6.23. The smallest absolute Gasteiger partial charge is 0.108 e. The molecular formula is C17H20ClNO. The van der Waals surface area contributed by atoms with Crippen molar-refractivity contribution < 1.29 is 4.42 Å². The molecule has 0 amide bonds. The summed E-state index contributed by atoms with van der Waals surface area (Å²) in [5, 5.41) is 4.57. The first-order chi connectivity index (χ1) is 9.74. The topological polar surface area (TPSA) is 25.2 Å². The monoisotopic (exact) mass is 289 g/mol. The molecule has 0 radical (unpaired) electrons. The molecule has 2 aromatic rings. The molecule has 3 heteroatoms. The standard InChI is InChI=1S/C17H20ClNO/c1-12(11-13-5-2-3-6-15(13)18)19-16-7-4-8-17-14(16)9-10-20-17/h2-3,5-6,9-10,12,16,19H,4,7-8,11H2,1H3. The molecule has 1 aliphatic rings. The molecule has 0 fully saturated rings. The SMILES string of the molecule is CC(Cc1ccccc1Cl)NC1CCCc2occc21. The zero-order valence-electron chi connectivity index (χ0n) is 11.7. The molecule has 2 atom stereocenters. The number of hydrogen-bond acceptors (Lipinski definition) is 2. The Balaban J connectivity index is 1.66. The van der Waals surface area contributed by atoms with E-state index in [0.717, 1.165) is 23.6 Å². The van der Waals surface area contributed by atoms with Crippen LogP contribution in [0.1, 0.15) is 42.7 Å². The Labute approximate surface area is 125 Å². The maximum atomic E-state index is 6.23. The van der Waals surface area contributed by atoms with Gasteiger partial charge in [0.1, 0.15) is 5.76 Å². The Kier molecular flexibility index (Phi) is 4.13. The van der Waals surface area contributed by atoms with Crippen LogP contribution in [0, 0.1) is 0 Å². The summed E-state index contributed by atoms with van der Waals surface area (Å²) < 4.78 is 5.54. The average Bonchev–Trinajstić information content (AvgIpc) is 2.91. The second-order valence-corrected chi connectivity index (χ2v) is 6.01. The lowest BCUT2D eigenvalue weighted by Gasteiger charge is -2.26. The van der Waals surface area contributed by atoms with E-state index >= 15 is 0 Å². The van der Waals surface area contributed by atoms with Crippen LogP contribution >= 0.6 is 11.6 Å².